The van der Waals surface area contributed by atoms with Crippen LogP contribution in [-0.2, 0) is 6.42 Å². The van der Waals surface area contributed by atoms with E-state index in [1.165, 1.54) is 13.3 Å². The number of halogens is 2. The standard InChI is InChI=1S/C9H9F2N3O/c1-15-7-5(2-3-12)4-14-9(13)6(7)8(10)11/h4,8H,2H2,1H3,(H2,13,14). The van der Waals surface area contributed by atoms with Crippen LogP contribution in [0.15, 0.2) is 6.20 Å². The van der Waals surface area contributed by atoms with Crippen LogP contribution in [0.5, 0.6) is 5.75 Å². The number of nitrogens with two attached hydrogens (primary N) is 1. The molecule has 0 aliphatic rings. The number of hydrogen-bond donors (Lipinski definition) is 1. The van der Waals surface area contributed by atoms with Crippen molar-refractivity contribution in [1.82, 2.24) is 4.98 Å². The third-order valence-electron chi connectivity index (χ3n) is 1.86. The summed E-state index contributed by atoms with van der Waals surface area (Å²) in [6, 6.07) is 1.84. The summed E-state index contributed by atoms with van der Waals surface area (Å²) in [4.78, 5) is 3.59. The third kappa shape index (κ3) is 2.13. The minimum Gasteiger partial charge on any atom is -0.496 e. The summed E-state index contributed by atoms with van der Waals surface area (Å²) in [5, 5.41) is 8.49. The van der Waals surface area contributed by atoms with Gasteiger partial charge in [0.1, 0.15) is 17.1 Å². The molecule has 0 aromatic carbocycles. The molecule has 0 fully saturated rings. The second-order valence-electron chi connectivity index (χ2n) is 2.75. The molecule has 2 N–H and O–H groups in total. The summed E-state index contributed by atoms with van der Waals surface area (Å²) in [6.07, 6.45) is -1.55. The van der Waals surface area contributed by atoms with Gasteiger partial charge < -0.3 is 10.5 Å². The van der Waals surface area contributed by atoms with Gasteiger partial charge in [0.15, 0.2) is 0 Å². The number of aromatic nitrogens is 1. The third-order valence-corrected chi connectivity index (χ3v) is 1.86. The maximum Gasteiger partial charge on any atom is 0.270 e. The van der Waals surface area contributed by atoms with Crippen molar-refractivity contribution in [2.24, 2.45) is 0 Å². The summed E-state index contributed by atoms with van der Waals surface area (Å²) in [5.74, 6) is -0.331. The SMILES string of the molecule is COc1c(CC#N)cnc(N)c1C(F)F. The second-order valence-corrected chi connectivity index (χ2v) is 2.75. The number of nitrogen functional groups attached to an aromatic ring is 1. The number of hydrogen-bond acceptors (Lipinski definition) is 4. The van der Waals surface area contributed by atoms with E-state index in [4.69, 9.17) is 15.7 Å². The maximum atomic E-state index is 12.6. The first-order chi connectivity index (χ1) is 7.11. The Morgan fingerprint density at radius 1 is 1.67 bits per heavy atom. The largest absolute Gasteiger partial charge is 0.496 e. The Hall–Kier alpha value is -1.90. The lowest BCUT2D eigenvalue weighted by molar-refractivity contribution is 0.147. The number of anilines is 1. The van der Waals surface area contributed by atoms with Gasteiger partial charge in [-0.2, -0.15) is 5.26 Å². The van der Waals surface area contributed by atoms with Crippen molar-refractivity contribution in [2.45, 2.75) is 12.8 Å². The summed E-state index contributed by atoms with van der Waals surface area (Å²) < 4.78 is 30.0. The minimum atomic E-state index is -2.77. The predicted molar refractivity (Wildman–Crippen MR) is 49.5 cm³/mol. The molecule has 1 aromatic rings. The average Bonchev–Trinajstić information content (AvgIpc) is 2.19. The predicted octanol–water partition coefficient (Wildman–Crippen LogP) is 1.68. The summed E-state index contributed by atoms with van der Waals surface area (Å²) in [5.41, 5.74) is 5.17. The number of alkyl halides is 2. The van der Waals surface area contributed by atoms with Gasteiger partial charge in [-0.15, -0.1) is 0 Å². The summed E-state index contributed by atoms with van der Waals surface area (Å²) in [6.45, 7) is 0. The molecule has 0 bridgehead atoms. The number of nitrogens with zero attached hydrogens (tertiary/aromatic N) is 2. The quantitative estimate of drug-likeness (QED) is 0.828. The molecular formula is C9H9F2N3O. The highest BCUT2D eigenvalue weighted by molar-refractivity contribution is 5.53. The van der Waals surface area contributed by atoms with E-state index in [9.17, 15) is 8.78 Å². The molecule has 0 spiro atoms. The topological polar surface area (TPSA) is 71.9 Å². The first kappa shape index (κ1) is 11.2. The Kier molecular flexibility index (Phi) is 3.39. The van der Waals surface area contributed by atoms with Crippen LogP contribution in [0.3, 0.4) is 0 Å². The van der Waals surface area contributed by atoms with Gasteiger partial charge in [-0.05, 0) is 0 Å². The van der Waals surface area contributed by atoms with E-state index in [0.717, 1.165) is 0 Å². The smallest absolute Gasteiger partial charge is 0.270 e. The van der Waals surface area contributed by atoms with Gasteiger partial charge in [0.05, 0.1) is 19.6 Å². The number of nitriles is 1. The Bertz CT molecular complexity index is 401. The molecule has 1 heterocycles. The van der Waals surface area contributed by atoms with Crippen LogP contribution in [-0.4, -0.2) is 12.1 Å². The molecule has 80 valence electrons. The molecule has 15 heavy (non-hydrogen) atoms. The van der Waals surface area contributed by atoms with E-state index in [1.54, 1.807) is 0 Å². The molecule has 1 rings (SSSR count). The van der Waals surface area contributed by atoms with Crippen molar-refractivity contribution < 1.29 is 13.5 Å². The fourth-order valence-electron chi connectivity index (χ4n) is 1.23. The zero-order chi connectivity index (χ0) is 11.4. The molecule has 0 amide bonds. The zero-order valence-corrected chi connectivity index (χ0v) is 8.00. The van der Waals surface area contributed by atoms with Crippen molar-refractivity contribution in [1.29, 1.82) is 5.26 Å². The van der Waals surface area contributed by atoms with Gasteiger partial charge in [0, 0.05) is 11.8 Å². The van der Waals surface area contributed by atoms with E-state index in [1.807, 2.05) is 6.07 Å². The molecule has 0 aliphatic carbocycles. The normalized spacial score (nSPS) is 10.1. The highest BCUT2D eigenvalue weighted by Crippen LogP contribution is 2.35. The number of pyridine rings is 1. The number of methoxy groups -OCH3 is 1. The first-order valence-electron chi connectivity index (χ1n) is 4.08. The Balaban J connectivity index is 3.34. The van der Waals surface area contributed by atoms with Crippen LogP contribution in [0, 0.1) is 11.3 Å². The van der Waals surface area contributed by atoms with Crippen molar-refractivity contribution in [3.05, 3.63) is 17.3 Å². The van der Waals surface area contributed by atoms with E-state index in [2.05, 4.69) is 4.98 Å². The Labute approximate surface area is 85.3 Å². The fraction of sp³-hybridized carbons (Fsp3) is 0.333. The molecule has 0 radical (unpaired) electrons. The average molecular weight is 213 g/mol. The van der Waals surface area contributed by atoms with Gasteiger partial charge in [-0.25, -0.2) is 13.8 Å². The van der Waals surface area contributed by atoms with Crippen molar-refractivity contribution in [3.63, 3.8) is 0 Å². The maximum absolute atomic E-state index is 12.6. The second kappa shape index (κ2) is 4.55. The Morgan fingerprint density at radius 3 is 2.80 bits per heavy atom. The Morgan fingerprint density at radius 2 is 2.33 bits per heavy atom. The van der Waals surface area contributed by atoms with Crippen molar-refractivity contribution in [3.8, 4) is 11.8 Å². The zero-order valence-electron chi connectivity index (χ0n) is 8.00. The molecule has 0 unspecified atom stereocenters. The lowest BCUT2D eigenvalue weighted by Crippen LogP contribution is -2.04. The molecule has 0 saturated carbocycles. The van der Waals surface area contributed by atoms with E-state index in [-0.39, 0.29) is 18.0 Å². The molecular weight excluding hydrogens is 204 g/mol. The molecule has 6 heteroatoms. The van der Waals surface area contributed by atoms with Gasteiger partial charge in [0.2, 0.25) is 0 Å². The van der Waals surface area contributed by atoms with Gasteiger partial charge in [0.25, 0.3) is 6.43 Å². The van der Waals surface area contributed by atoms with Crippen molar-refractivity contribution in [2.75, 3.05) is 12.8 Å². The van der Waals surface area contributed by atoms with Crippen LogP contribution < -0.4 is 10.5 Å². The summed E-state index contributed by atoms with van der Waals surface area (Å²) >= 11 is 0. The van der Waals surface area contributed by atoms with Gasteiger partial charge >= 0.3 is 0 Å². The molecule has 1 aromatic heterocycles. The van der Waals surface area contributed by atoms with Crippen LogP contribution in [0.25, 0.3) is 0 Å². The van der Waals surface area contributed by atoms with Crippen LogP contribution in [0.2, 0.25) is 0 Å². The van der Waals surface area contributed by atoms with Crippen LogP contribution in [0.4, 0.5) is 14.6 Å². The van der Waals surface area contributed by atoms with Crippen LogP contribution >= 0.6 is 0 Å². The molecule has 0 saturated heterocycles. The lowest BCUT2D eigenvalue weighted by atomic mass is 10.1. The van der Waals surface area contributed by atoms with Crippen molar-refractivity contribution >= 4 is 5.82 Å². The summed E-state index contributed by atoms with van der Waals surface area (Å²) in [7, 11) is 1.25. The van der Waals surface area contributed by atoms with Gasteiger partial charge in [-0.3, -0.25) is 0 Å². The first-order valence-corrected chi connectivity index (χ1v) is 4.08. The van der Waals surface area contributed by atoms with Gasteiger partial charge in [-0.1, -0.05) is 0 Å². The highest BCUT2D eigenvalue weighted by atomic mass is 19.3. The lowest BCUT2D eigenvalue weighted by Gasteiger charge is -2.12. The molecule has 0 aliphatic heterocycles. The van der Waals surface area contributed by atoms with E-state index < -0.39 is 12.0 Å². The highest BCUT2D eigenvalue weighted by Gasteiger charge is 2.21. The van der Waals surface area contributed by atoms with E-state index in [0.29, 0.717) is 5.56 Å². The minimum absolute atomic E-state index is 0.0455. The number of rotatable bonds is 3. The van der Waals surface area contributed by atoms with Crippen LogP contribution in [0.1, 0.15) is 17.6 Å². The van der Waals surface area contributed by atoms with E-state index >= 15 is 0 Å². The molecule has 4 nitrogen and oxygen atoms in total. The monoisotopic (exact) mass is 213 g/mol. The fourth-order valence-corrected chi connectivity index (χ4v) is 1.23. The molecule has 0 atom stereocenters. The number of ether oxygens (including phenoxy) is 1.